The summed E-state index contributed by atoms with van der Waals surface area (Å²) >= 11 is 0. The van der Waals surface area contributed by atoms with E-state index in [2.05, 4.69) is 15.3 Å². The third kappa shape index (κ3) is 3.83. The molecule has 1 amide bonds. The summed E-state index contributed by atoms with van der Waals surface area (Å²) in [7, 11) is 0. The highest BCUT2D eigenvalue weighted by Gasteiger charge is 1.96. The fourth-order valence-corrected chi connectivity index (χ4v) is 1.40. The lowest BCUT2D eigenvalue weighted by atomic mass is 10.2. The van der Waals surface area contributed by atoms with Gasteiger partial charge in [0.1, 0.15) is 0 Å². The monoisotopic (exact) mass is 239 g/mol. The molecule has 90 valence electrons. The number of carbonyl (C=O) groups excluding carboxylic acids is 1. The van der Waals surface area contributed by atoms with Crippen LogP contribution >= 0.6 is 0 Å². The van der Waals surface area contributed by atoms with Crippen molar-refractivity contribution in [1.29, 1.82) is 0 Å². The molecular formula is C14H13N3O. The third-order valence-corrected chi connectivity index (χ3v) is 2.30. The number of hydrogen-bond donors (Lipinski definition) is 1. The maximum absolute atomic E-state index is 11.6. The second-order valence-electron chi connectivity index (χ2n) is 3.70. The summed E-state index contributed by atoms with van der Waals surface area (Å²) in [5, 5.41) is 2.78. The van der Waals surface area contributed by atoms with Crippen LogP contribution in [0, 0.1) is 0 Å². The number of hydrogen-bond acceptors (Lipinski definition) is 3. The first-order chi connectivity index (χ1) is 8.84. The Labute approximate surface area is 105 Å². The molecule has 0 aliphatic rings. The van der Waals surface area contributed by atoms with Gasteiger partial charge in [-0.05, 0) is 29.3 Å². The lowest BCUT2D eigenvalue weighted by Crippen LogP contribution is -2.20. The van der Waals surface area contributed by atoms with Crippen molar-refractivity contribution in [2.75, 3.05) is 0 Å². The van der Waals surface area contributed by atoms with E-state index in [0.717, 1.165) is 11.1 Å². The first-order valence-electron chi connectivity index (χ1n) is 5.59. The van der Waals surface area contributed by atoms with Crippen molar-refractivity contribution in [2.45, 2.75) is 6.54 Å². The minimum absolute atomic E-state index is 0.136. The van der Waals surface area contributed by atoms with Crippen LogP contribution in [0.15, 0.2) is 55.1 Å². The van der Waals surface area contributed by atoms with E-state index < -0.39 is 0 Å². The molecule has 0 atom stereocenters. The van der Waals surface area contributed by atoms with Crippen LogP contribution in [0.1, 0.15) is 11.1 Å². The molecule has 0 spiro atoms. The van der Waals surface area contributed by atoms with Gasteiger partial charge >= 0.3 is 0 Å². The highest BCUT2D eigenvalue weighted by Crippen LogP contribution is 1.98. The molecule has 0 aliphatic carbocycles. The molecular weight excluding hydrogens is 226 g/mol. The van der Waals surface area contributed by atoms with Crippen molar-refractivity contribution < 1.29 is 4.79 Å². The van der Waals surface area contributed by atoms with Crippen molar-refractivity contribution in [3.8, 4) is 0 Å². The van der Waals surface area contributed by atoms with E-state index in [-0.39, 0.29) is 5.91 Å². The van der Waals surface area contributed by atoms with E-state index in [1.165, 1.54) is 6.08 Å². The Morgan fingerprint density at radius 3 is 2.61 bits per heavy atom. The Hall–Kier alpha value is -2.49. The van der Waals surface area contributed by atoms with E-state index in [9.17, 15) is 4.79 Å². The Kier molecular flexibility index (Phi) is 4.19. The minimum atomic E-state index is -0.136. The minimum Gasteiger partial charge on any atom is -0.348 e. The van der Waals surface area contributed by atoms with E-state index in [4.69, 9.17) is 0 Å². The van der Waals surface area contributed by atoms with Gasteiger partial charge in [0.25, 0.3) is 0 Å². The summed E-state index contributed by atoms with van der Waals surface area (Å²) in [6.07, 6.45) is 10.0. The van der Waals surface area contributed by atoms with Gasteiger partial charge in [-0.2, -0.15) is 0 Å². The third-order valence-electron chi connectivity index (χ3n) is 2.30. The lowest BCUT2D eigenvalue weighted by molar-refractivity contribution is -0.116. The van der Waals surface area contributed by atoms with Gasteiger partial charge in [0.15, 0.2) is 0 Å². The van der Waals surface area contributed by atoms with Gasteiger partial charge in [0.2, 0.25) is 5.91 Å². The summed E-state index contributed by atoms with van der Waals surface area (Å²) in [5.74, 6) is -0.136. The van der Waals surface area contributed by atoms with Crippen molar-refractivity contribution >= 4 is 12.0 Å². The van der Waals surface area contributed by atoms with Gasteiger partial charge in [-0.25, -0.2) is 0 Å². The molecule has 2 rings (SSSR count). The number of carbonyl (C=O) groups is 1. The van der Waals surface area contributed by atoms with E-state index in [1.807, 2.05) is 24.3 Å². The molecule has 0 saturated heterocycles. The molecule has 2 aromatic heterocycles. The summed E-state index contributed by atoms with van der Waals surface area (Å²) in [5.41, 5.74) is 1.87. The van der Waals surface area contributed by atoms with E-state index in [0.29, 0.717) is 6.54 Å². The zero-order valence-corrected chi connectivity index (χ0v) is 9.78. The summed E-state index contributed by atoms with van der Waals surface area (Å²) in [6, 6.07) is 7.47. The first-order valence-corrected chi connectivity index (χ1v) is 5.59. The van der Waals surface area contributed by atoms with Crippen LogP contribution in [-0.4, -0.2) is 15.9 Å². The SMILES string of the molecule is O=C(/C=C/c1cccnc1)NCc1cccnc1. The average Bonchev–Trinajstić information content (AvgIpc) is 2.45. The molecule has 0 aromatic carbocycles. The number of aromatic nitrogens is 2. The maximum atomic E-state index is 11.6. The van der Waals surface area contributed by atoms with Crippen molar-refractivity contribution in [2.24, 2.45) is 0 Å². The standard InChI is InChI=1S/C14H13N3O/c18-14(6-5-12-3-1-7-15-9-12)17-11-13-4-2-8-16-10-13/h1-10H,11H2,(H,17,18)/b6-5+. The summed E-state index contributed by atoms with van der Waals surface area (Å²) in [6.45, 7) is 0.476. The molecule has 0 unspecified atom stereocenters. The van der Waals surface area contributed by atoms with Crippen LogP contribution in [0.4, 0.5) is 0 Å². The van der Waals surface area contributed by atoms with Gasteiger partial charge in [-0.3, -0.25) is 14.8 Å². The molecule has 4 heteroatoms. The fourth-order valence-electron chi connectivity index (χ4n) is 1.40. The number of nitrogens with zero attached hydrogens (tertiary/aromatic N) is 2. The van der Waals surface area contributed by atoms with Crippen molar-refractivity contribution in [1.82, 2.24) is 15.3 Å². The topological polar surface area (TPSA) is 54.9 Å². The van der Waals surface area contributed by atoms with Crippen molar-refractivity contribution in [3.63, 3.8) is 0 Å². The van der Waals surface area contributed by atoms with Crippen molar-refractivity contribution in [3.05, 3.63) is 66.3 Å². The van der Waals surface area contributed by atoms with Gasteiger partial charge in [-0.15, -0.1) is 0 Å². The van der Waals surface area contributed by atoms with Gasteiger partial charge in [0, 0.05) is 37.4 Å². The highest BCUT2D eigenvalue weighted by atomic mass is 16.1. The van der Waals surface area contributed by atoms with Crippen LogP contribution < -0.4 is 5.32 Å². The zero-order chi connectivity index (χ0) is 12.6. The van der Waals surface area contributed by atoms with E-state index in [1.54, 1.807) is 30.9 Å². The molecule has 4 nitrogen and oxygen atoms in total. The summed E-state index contributed by atoms with van der Waals surface area (Å²) in [4.78, 5) is 19.5. The molecule has 0 bridgehead atoms. The van der Waals surface area contributed by atoms with E-state index >= 15 is 0 Å². The largest absolute Gasteiger partial charge is 0.348 e. The maximum Gasteiger partial charge on any atom is 0.244 e. The molecule has 2 heterocycles. The van der Waals surface area contributed by atoms with Crippen LogP contribution in [0.3, 0.4) is 0 Å². The Balaban J connectivity index is 1.84. The second-order valence-corrected chi connectivity index (χ2v) is 3.70. The predicted octanol–water partition coefficient (Wildman–Crippen LogP) is 1.81. The molecule has 18 heavy (non-hydrogen) atoms. The van der Waals surface area contributed by atoms with Gasteiger partial charge in [0.05, 0.1) is 0 Å². The van der Waals surface area contributed by atoms with Crippen LogP contribution in [0.5, 0.6) is 0 Å². The van der Waals surface area contributed by atoms with Crippen LogP contribution in [0.25, 0.3) is 6.08 Å². The Morgan fingerprint density at radius 2 is 1.94 bits per heavy atom. The van der Waals surface area contributed by atoms with Crippen LogP contribution in [0.2, 0.25) is 0 Å². The Bertz CT molecular complexity index is 523. The quantitative estimate of drug-likeness (QED) is 0.828. The molecule has 0 saturated carbocycles. The number of rotatable bonds is 4. The van der Waals surface area contributed by atoms with Gasteiger partial charge < -0.3 is 5.32 Å². The van der Waals surface area contributed by atoms with Crippen LogP contribution in [-0.2, 0) is 11.3 Å². The van der Waals surface area contributed by atoms with Gasteiger partial charge in [-0.1, -0.05) is 12.1 Å². The molecule has 0 fully saturated rings. The molecule has 2 aromatic rings. The molecule has 1 N–H and O–H groups in total. The second kappa shape index (κ2) is 6.30. The molecule has 0 aliphatic heterocycles. The smallest absolute Gasteiger partial charge is 0.244 e. The summed E-state index contributed by atoms with van der Waals surface area (Å²) < 4.78 is 0. The zero-order valence-electron chi connectivity index (χ0n) is 9.78. The molecule has 0 radical (unpaired) electrons. The Morgan fingerprint density at radius 1 is 1.17 bits per heavy atom. The first kappa shape index (κ1) is 12.0. The number of pyridine rings is 2. The normalized spacial score (nSPS) is 10.4. The average molecular weight is 239 g/mol. The fraction of sp³-hybridized carbons (Fsp3) is 0.0714. The lowest BCUT2D eigenvalue weighted by Gasteiger charge is -2.01. The highest BCUT2D eigenvalue weighted by molar-refractivity contribution is 5.91. The number of amides is 1. The predicted molar refractivity (Wildman–Crippen MR) is 69.4 cm³/mol. The number of nitrogens with one attached hydrogen (secondary N) is 1.